The van der Waals surface area contributed by atoms with Gasteiger partial charge in [-0.05, 0) is 51.8 Å². The summed E-state index contributed by atoms with van der Waals surface area (Å²) in [7, 11) is 2.24. The van der Waals surface area contributed by atoms with Gasteiger partial charge in [0.2, 0.25) is 5.88 Å². The van der Waals surface area contributed by atoms with Crippen molar-refractivity contribution < 1.29 is 9.47 Å². The van der Waals surface area contributed by atoms with E-state index in [1.165, 1.54) is 57.4 Å². The molecule has 0 amide bonds. The number of rotatable bonds is 7. The van der Waals surface area contributed by atoms with Crippen LogP contribution >= 0.6 is 0 Å². The summed E-state index contributed by atoms with van der Waals surface area (Å²) >= 11 is 0. The van der Waals surface area contributed by atoms with Gasteiger partial charge in [-0.3, -0.25) is 0 Å². The van der Waals surface area contributed by atoms with E-state index in [0.29, 0.717) is 24.3 Å². The Morgan fingerprint density at radius 3 is 2.43 bits per heavy atom. The van der Waals surface area contributed by atoms with E-state index >= 15 is 0 Å². The summed E-state index contributed by atoms with van der Waals surface area (Å²) in [5, 5.41) is 0. The molecule has 3 saturated heterocycles. The fourth-order valence-electron chi connectivity index (χ4n) is 5.91. The number of fused-ring (bicyclic) bond motifs is 2. The van der Waals surface area contributed by atoms with Gasteiger partial charge >= 0.3 is 0 Å². The van der Waals surface area contributed by atoms with E-state index in [1.54, 1.807) is 0 Å². The van der Waals surface area contributed by atoms with Crippen molar-refractivity contribution in [2.75, 3.05) is 44.7 Å². The molecule has 3 aliphatic heterocycles. The number of nitrogens with zero attached hydrogens (tertiary/aromatic N) is 4. The highest BCUT2D eigenvalue weighted by molar-refractivity contribution is 5.52. The third-order valence-electron chi connectivity index (χ3n) is 7.48. The molecule has 4 aliphatic rings. The van der Waals surface area contributed by atoms with Crippen LogP contribution in [0.2, 0.25) is 0 Å². The number of hydrogen-bond acceptors (Lipinski definition) is 6. The van der Waals surface area contributed by atoms with E-state index in [1.807, 2.05) is 6.20 Å². The zero-order chi connectivity index (χ0) is 20.5. The van der Waals surface area contributed by atoms with Gasteiger partial charge in [-0.1, -0.05) is 6.92 Å². The Balaban J connectivity index is 1.09. The second-order valence-electron chi connectivity index (χ2n) is 9.88. The van der Waals surface area contributed by atoms with Crippen LogP contribution in [0.5, 0.6) is 5.88 Å². The smallest absolute Gasteiger partial charge is 0.215 e. The highest BCUT2D eigenvalue weighted by Gasteiger charge is 2.39. The molecule has 2 bridgehead atoms. The Kier molecular flexibility index (Phi) is 6.17. The number of anilines is 1. The molecule has 2 atom stereocenters. The summed E-state index contributed by atoms with van der Waals surface area (Å²) in [5.74, 6) is 0.780. The van der Waals surface area contributed by atoms with Gasteiger partial charge in [0, 0.05) is 69.1 Å². The Hall–Kier alpha value is -1.37. The number of likely N-dealkylation sites (tertiary alicyclic amines) is 2. The quantitative estimate of drug-likeness (QED) is 0.683. The molecule has 4 fully saturated rings. The Labute approximate surface area is 181 Å². The predicted octanol–water partition coefficient (Wildman–Crippen LogP) is 3.17. The van der Waals surface area contributed by atoms with E-state index < -0.39 is 0 Å². The Morgan fingerprint density at radius 1 is 1.00 bits per heavy atom. The fourth-order valence-corrected chi connectivity index (χ4v) is 5.91. The van der Waals surface area contributed by atoms with Crippen LogP contribution < -0.4 is 9.64 Å². The molecule has 1 aromatic heterocycles. The van der Waals surface area contributed by atoms with Crippen LogP contribution in [0.15, 0.2) is 18.3 Å². The summed E-state index contributed by atoms with van der Waals surface area (Å²) in [6.07, 6.45) is 11.2. The number of likely N-dealkylation sites (N-methyl/N-ethyl adjacent to an activating group) is 1. The highest BCUT2D eigenvalue weighted by Crippen LogP contribution is 2.36. The van der Waals surface area contributed by atoms with Gasteiger partial charge in [-0.2, -0.15) is 0 Å². The molecule has 1 aromatic rings. The minimum absolute atomic E-state index is 0.252. The molecule has 166 valence electrons. The molecule has 0 spiro atoms. The summed E-state index contributed by atoms with van der Waals surface area (Å²) in [6.45, 7) is 8.19. The normalized spacial score (nSPS) is 32.9. The maximum absolute atomic E-state index is 6.35. The van der Waals surface area contributed by atoms with Gasteiger partial charge in [0.1, 0.15) is 6.10 Å². The van der Waals surface area contributed by atoms with Crippen LogP contribution in [-0.2, 0) is 4.74 Å². The lowest BCUT2D eigenvalue weighted by Crippen LogP contribution is -2.52. The molecule has 1 aliphatic carbocycles. The second kappa shape index (κ2) is 9.01. The molecule has 5 rings (SSSR count). The van der Waals surface area contributed by atoms with Gasteiger partial charge in [0.25, 0.3) is 0 Å². The zero-order valence-corrected chi connectivity index (χ0v) is 18.7. The van der Waals surface area contributed by atoms with Gasteiger partial charge in [0.05, 0.1) is 12.2 Å². The van der Waals surface area contributed by atoms with Crippen LogP contribution in [0.3, 0.4) is 0 Å². The van der Waals surface area contributed by atoms with Gasteiger partial charge in [-0.15, -0.1) is 0 Å². The lowest BCUT2D eigenvalue weighted by atomic mass is 9.91. The minimum Gasteiger partial charge on any atom is -0.474 e. The van der Waals surface area contributed by atoms with Crippen molar-refractivity contribution >= 4 is 5.69 Å². The first-order valence-corrected chi connectivity index (χ1v) is 12.2. The van der Waals surface area contributed by atoms with Crippen LogP contribution in [0.1, 0.15) is 51.9 Å². The second-order valence-corrected chi connectivity index (χ2v) is 9.88. The van der Waals surface area contributed by atoms with Crippen LogP contribution in [-0.4, -0.2) is 85.0 Å². The van der Waals surface area contributed by atoms with Crippen molar-refractivity contribution in [1.29, 1.82) is 0 Å². The third kappa shape index (κ3) is 4.46. The predicted molar refractivity (Wildman–Crippen MR) is 119 cm³/mol. The molecule has 30 heavy (non-hydrogen) atoms. The fraction of sp³-hybridized carbons (Fsp3) is 0.792. The molecule has 0 radical (unpaired) electrons. The van der Waals surface area contributed by atoms with Gasteiger partial charge in [-0.25, -0.2) is 4.98 Å². The zero-order valence-electron chi connectivity index (χ0n) is 18.7. The van der Waals surface area contributed by atoms with E-state index in [-0.39, 0.29) is 6.10 Å². The van der Waals surface area contributed by atoms with E-state index in [0.717, 1.165) is 31.8 Å². The maximum atomic E-state index is 6.35. The highest BCUT2D eigenvalue weighted by atomic mass is 16.5. The number of ether oxygens (including phenoxy) is 2. The van der Waals surface area contributed by atoms with E-state index in [9.17, 15) is 0 Å². The molecule has 6 heteroatoms. The average Bonchev–Trinajstić information content (AvgIpc) is 2.99. The lowest BCUT2D eigenvalue weighted by molar-refractivity contribution is -0.110. The van der Waals surface area contributed by atoms with Crippen molar-refractivity contribution in [3.63, 3.8) is 0 Å². The number of hydrogen-bond donors (Lipinski definition) is 0. The molecular weight excluding hydrogens is 376 g/mol. The number of aromatic nitrogens is 1. The van der Waals surface area contributed by atoms with Crippen molar-refractivity contribution in [2.45, 2.75) is 82.3 Å². The minimum atomic E-state index is 0.252. The SMILES string of the molecule is CCCN1CCC(O[C@H]2C[C@H](Oc3cc(N4C5CCC4CN(C)C5)ccn3)C2)CC1. The number of pyridine rings is 1. The van der Waals surface area contributed by atoms with Crippen molar-refractivity contribution in [3.05, 3.63) is 18.3 Å². The Morgan fingerprint density at radius 2 is 1.73 bits per heavy atom. The van der Waals surface area contributed by atoms with E-state index in [2.05, 4.69) is 45.8 Å². The lowest BCUT2D eigenvalue weighted by Gasteiger charge is -2.41. The Bertz CT molecular complexity index is 688. The summed E-state index contributed by atoms with van der Waals surface area (Å²) in [5.41, 5.74) is 1.28. The van der Waals surface area contributed by atoms with Crippen LogP contribution in [0.4, 0.5) is 5.69 Å². The summed E-state index contributed by atoms with van der Waals surface area (Å²) < 4.78 is 12.6. The standard InChI is InChI=1S/C24H38N4O2/c1-3-10-27-11-7-21(8-12-27)29-22-14-23(15-22)30-24-13-18(6-9-25-24)28-19-4-5-20(28)17-26(2)16-19/h6,9,13,19-23H,3-5,7-8,10-12,14-17H2,1-2H3/t19?,20?,22-,23-. The van der Waals surface area contributed by atoms with Crippen molar-refractivity contribution in [1.82, 2.24) is 14.8 Å². The molecular formula is C24H38N4O2. The summed E-state index contributed by atoms with van der Waals surface area (Å²) in [6, 6.07) is 5.58. The van der Waals surface area contributed by atoms with E-state index in [4.69, 9.17) is 9.47 Å². The largest absolute Gasteiger partial charge is 0.474 e. The molecule has 6 nitrogen and oxygen atoms in total. The molecule has 1 saturated carbocycles. The molecule has 0 N–H and O–H groups in total. The van der Waals surface area contributed by atoms with Gasteiger partial charge in [0.15, 0.2) is 0 Å². The third-order valence-corrected chi connectivity index (χ3v) is 7.48. The molecule has 0 aromatic carbocycles. The molecule has 4 heterocycles. The maximum Gasteiger partial charge on any atom is 0.215 e. The summed E-state index contributed by atoms with van der Waals surface area (Å²) in [4.78, 5) is 12.2. The first-order valence-electron chi connectivity index (χ1n) is 12.2. The van der Waals surface area contributed by atoms with Crippen LogP contribution in [0, 0.1) is 0 Å². The van der Waals surface area contributed by atoms with Crippen LogP contribution in [0.25, 0.3) is 0 Å². The van der Waals surface area contributed by atoms with Crippen molar-refractivity contribution in [3.8, 4) is 5.88 Å². The number of piperazine rings is 1. The average molecular weight is 415 g/mol. The first-order chi connectivity index (χ1) is 14.7. The monoisotopic (exact) mass is 414 g/mol. The molecule has 2 unspecified atom stereocenters. The number of piperidine rings is 1. The van der Waals surface area contributed by atoms with Gasteiger partial charge < -0.3 is 24.2 Å². The topological polar surface area (TPSA) is 41.1 Å². The first kappa shape index (κ1) is 20.5. The van der Waals surface area contributed by atoms with Crippen molar-refractivity contribution in [2.24, 2.45) is 0 Å².